The molecule has 3 nitrogen and oxygen atoms in total. The van der Waals surface area contributed by atoms with Gasteiger partial charge < -0.3 is 4.74 Å². The van der Waals surface area contributed by atoms with E-state index >= 15 is 0 Å². The lowest BCUT2D eigenvalue weighted by atomic mass is 10.5. The fourth-order valence-corrected chi connectivity index (χ4v) is 1.85. The van der Waals surface area contributed by atoms with Gasteiger partial charge in [-0.15, -0.1) is 11.8 Å². The predicted octanol–water partition coefficient (Wildman–Crippen LogP) is 2.39. The number of rotatable bonds is 4. The van der Waals surface area contributed by atoms with E-state index in [0.29, 0.717) is 17.2 Å². The van der Waals surface area contributed by atoms with Crippen molar-refractivity contribution in [2.24, 2.45) is 0 Å². The van der Waals surface area contributed by atoms with E-state index in [1.54, 1.807) is 18.3 Å². The zero-order valence-corrected chi connectivity index (χ0v) is 9.27. The summed E-state index contributed by atoms with van der Waals surface area (Å²) >= 11 is 7.25. The molecule has 1 heterocycles. The number of aromatic nitrogens is 1. The smallest absolute Gasteiger partial charge is 0.306 e. The van der Waals surface area contributed by atoms with Crippen molar-refractivity contribution in [2.75, 3.05) is 12.9 Å². The van der Waals surface area contributed by atoms with E-state index in [1.165, 1.54) is 18.9 Å². The van der Waals surface area contributed by atoms with Gasteiger partial charge in [0.15, 0.2) is 0 Å². The molecule has 76 valence electrons. The SMILES string of the molecule is COC(=O)CCSc1cc(Cl)ccn1. The van der Waals surface area contributed by atoms with Crippen LogP contribution in [0.5, 0.6) is 0 Å². The number of carbonyl (C=O) groups excluding carboxylic acids is 1. The maximum absolute atomic E-state index is 10.8. The number of ether oxygens (including phenoxy) is 1. The average molecular weight is 232 g/mol. The molecule has 0 N–H and O–H groups in total. The summed E-state index contributed by atoms with van der Waals surface area (Å²) in [6, 6.07) is 3.48. The van der Waals surface area contributed by atoms with Crippen molar-refractivity contribution < 1.29 is 9.53 Å². The van der Waals surface area contributed by atoms with E-state index < -0.39 is 0 Å². The summed E-state index contributed by atoms with van der Waals surface area (Å²) in [7, 11) is 1.38. The van der Waals surface area contributed by atoms with Crippen LogP contribution in [-0.2, 0) is 9.53 Å². The molecule has 0 radical (unpaired) electrons. The van der Waals surface area contributed by atoms with Crippen molar-refractivity contribution >= 4 is 29.3 Å². The second-order valence-corrected chi connectivity index (χ2v) is 4.04. The van der Waals surface area contributed by atoms with Gasteiger partial charge in [-0.2, -0.15) is 0 Å². The molecular formula is C9H10ClNO2S. The highest BCUT2D eigenvalue weighted by Gasteiger charge is 2.01. The molecule has 0 saturated carbocycles. The summed E-state index contributed by atoms with van der Waals surface area (Å²) in [5.74, 6) is 0.444. The summed E-state index contributed by atoms with van der Waals surface area (Å²) in [5, 5.41) is 1.47. The second kappa shape index (κ2) is 5.88. The molecule has 0 unspecified atom stereocenters. The minimum Gasteiger partial charge on any atom is -0.469 e. The topological polar surface area (TPSA) is 39.2 Å². The summed E-state index contributed by atoms with van der Waals surface area (Å²) in [6.07, 6.45) is 2.03. The molecule has 0 bridgehead atoms. The highest BCUT2D eigenvalue weighted by molar-refractivity contribution is 7.99. The number of pyridine rings is 1. The van der Waals surface area contributed by atoms with Crippen molar-refractivity contribution in [3.63, 3.8) is 0 Å². The normalized spacial score (nSPS) is 9.86. The Labute approximate surface area is 91.8 Å². The zero-order chi connectivity index (χ0) is 10.4. The third-order valence-electron chi connectivity index (χ3n) is 1.48. The molecule has 1 aromatic rings. The number of nitrogens with zero attached hydrogens (tertiary/aromatic N) is 1. The van der Waals surface area contributed by atoms with Gasteiger partial charge in [0.25, 0.3) is 0 Å². The van der Waals surface area contributed by atoms with Gasteiger partial charge in [0.05, 0.1) is 18.6 Å². The van der Waals surface area contributed by atoms with E-state index in [-0.39, 0.29) is 5.97 Å². The molecule has 0 aromatic carbocycles. The van der Waals surface area contributed by atoms with Crippen LogP contribution < -0.4 is 0 Å². The molecule has 1 aromatic heterocycles. The monoisotopic (exact) mass is 231 g/mol. The van der Waals surface area contributed by atoms with Crippen molar-refractivity contribution in [3.8, 4) is 0 Å². The van der Waals surface area contributed by atoms with E-state index in [1.807, 2.05) is 0 Å². The number of hydrogen-bond acceptors (Lipinski definition) is 4. The van der Waals surface area contributed by atoms with Gasteiger partial charge in [0.2, 0.25) is 0 Å². The second-order valence-electron chi connectivity index (χ2n) is 2.49. The van der Waals surface area contributed by atoms with Crippen LogP contribution in [0.15, 0.2) is 23.4 Å². The van der Waals surface area contributed by atoms with E-state index in [0.717, 1.165) is 5.03 Å². The van der Waals surface area contributed by atoms with E-state index in [9.17, 15) is 4.79 Å². The van der Waals surface area contributed by atoms with Gasteiger partial charge in [-0.25, -0.2) is 4.98 Å². The maximum Gasteiger partial charge on any atom is 0.306 e. The highest BCUT2D eigenvalue weighted by Crippen LogP contribution is 2.19. The number of methoxy groups -OCH3 is 1. The molecule has 0 atom stereocenters. The number of thioether (sulfide) groups is 1. The molecule has 5 heteroatoms. The van der Waals surface area contributed by atoms with Gasteiger partial charge >= 0.3 is 5.97 Å². The minimum absolute atomic E-state index is 0.209. The lowest BCUT2D eigenvalue weighted by Gasteiger charge is -2.00. The molecule has 0 aliphatic rings. The Morgan fingerprint density at radius 2 is 2.50 bits per heavy atom. The quantitative estimate of drug-likeness (QED) is 0.589. The van der Waals surface area contributed by atoms with E-state index in [2.05, 4.69) is 9.72 Å². The Balaban J connectivity index is 2.35. The molecule has 0 fully saturated rings. The Bertz CT molecular complexity index is 319. The van der Waals surface area contributed by atoms with Crippen molar-refractivity contribution in [3.05, 3.63) is 23.4 Å². The summed E-state index contributed by atoms with van der Waals surface area (Å²) in [4.78, 5) is 14.9. The Kier molecular flexibility index (Phi) is 4.76. The van der Waals surface area contributed by atoms with Crippen molar-refractivity contribution in [2.45, 2.75) is 11.4 Å². The first kappa shape index (κ1) is 11.3. The van der Waals surface area contributed by atoms with E-state index in [4.69, 9.17) is 11.6 Å². The first-order valence-corrected chi connectivity index (χ1v) is 5.40. The maximum atomic E-state index is 10.8. The fraction of sp³-hybridized carbons (Fsp3) is 0.333. The highest BCUT2D eigenvalue weighted by atomic mass is 35.5. The summed E-state index contributed by atoms with van der Waals surface area (Å²) in [5.41, 5.74) is 0. The first-order valence-electron chi connectivity index (χ1n) is 4.03. The molecule has 0 aliphatic carbocycles. The van der Waals surface area contributed by atoms with Crippen molar-refractivity contribution in [1.29, 1.82) is 0 Å². The van der Waals surface area contributed by atoms with Gasteiger partial charge in [-0.3, -0.25) is 4.79 Å². The molecule has 14 heavy (non-hydrogen) atoms. The Morgan fingerprint density at radius 3 is 3.14 bits per heavy atom. The molecule has 1 rings (SSSR count). The van der Waals surface area contributed by atoms with Crippen LogP contribution in [0.3, 0.4) is 0 Å². The van der Waals surface area contributed by atoms with Gasteiger partial charge in [0, 0.05) is 17.0 Å². The lowest BCUT2D eigenvalue weighted by Crippen LogP contribution is -2.01. The predicted molar refractivity (Wildman–Crippen MR) is 56.6 cm³/mol. The van der Waals surface area contributed by atoms with Crippen molar-refractivity contribution in [1.82, 2.24) is 4.98 Å². The number of halogens is 1. The lowest BCUT2D eigenvalue weighted by molar-refractivity contribution is -0.140. The molecule has 0 saturated heterocycles. The first-order chi connectivity index (χ1) is 6.72. The summed E-state index contributed by atoms with van der Waals surface area (Å²) < 4.78 is 4.51. The fourth-order valence-electron chi connectivity index (χ4n) is 0.805. The van der Waals surface area contributed by atoms with Crippen LogP contribution in [0, 0.1) is 0 Å². The molecule has 0 amide bonds. The minimum atomic E-state index is -0.209. The Hall–Kier alpha value is -0.740. The van der Waals surface area contributed by atoms with Gasteiger partial charge in [-0.1, -0.05) is 11.6 Å². The van der Waals surface area contributed by atoms with Crippen LogP contribution in [0.1, 0.15) is 6.42 Å². The van der Waals surface area contributed by atoms with Crippen LogP contribution in [0.4, 0.5) is 0 Å². The van der Waals surface area contributed by atoms with Crippen LogP contribution in [-0.4, -0.2) is 23.8 Å². The van der Waals surface area contributed by atoms with Crippen LogP contribution >= 0.6 is 23.4 Å². The standard InChI is InChI=1S/C9H10ClNO2S/c1-13-9(12)3-5-14-8-6-7(10)2-4-11-8/h2,4,6H,3,5H2,1H3. The summed E-state index contributed by atoms with van der Waals surface area (Å²) in [6.45, 7) is 0. The Morgan fingerprint density at radius 1 is 1.71 bits per heavy atom. The average Bonchev–Trinajstić information content (AvgIpc) is 2.17. The molecule has 0 aliphatic heterocycles. The van der Waals surface area contributed by atoms with Gasteiger partial charge in [-0.05, 0) is 12.1 Å². The van der Waals surface area contributed by atoms with Crippen LogP contribution in [0.2, 0.25) is 5.02 Å². The van der Waals surface area contributed by atoms with Gasteiger partial charge in [0.1, 0.15) is 0 Å². The molecular weight excluding hydrogens is 222 g/mol. The third kappa shape index (κ3) is 3.98. The largest absolute Gasteiger partial charge is 0.469 e. The zero-order valence-electron chi connectivity index (χ0n) is 7.70. The number of carbonyl (C=O) groups is 1. The molecule has 0 spiro atoms. The third-order valence-corrected chi connectivity index (χ3v) is 2.64. The number of hydrogen-bond donors (Lipinski definition) is 0. The van der Waals surface area contributed by atoms with Crippen LogP contribution in [0.25, 0.3) is 0 Å². The number of esters is 1.